The van der Waals surface area contributed by atoms with Gasteiger partial charge in [0, 0.05) is 31.9 Å². The zero-order chi connectivity index (χ0) is 13.5. The molecule has 1 aromatic heterocycles. The van der Waals surface area contributed by atoms with Crippen molar-refractivity contribution in [3.63, 3.8) is 0 Å². The van der Waals surface area contributed by atoms with E-state index in [1.807, 2.05) is 20.8 Å². The van der Waals surface area contributed by atoms with Gasteiger partial charge >= 0.3 is 0 Å². The first-order chi connectivity index (χ1) is 8.62. The molecule has 0 saturated heterocycles. The smallest absolute Gasteiger partial charge is 0.241 e. The molecule has 6 heteroatoms. The summed E-state index contributed by atoms with van der Waals surface area (Å²) in [5.74, 6) is 1.30. The molecule has 0 unspecified atom stereocenters. The third-order valence-electron chi connectivity index (χ3n) is 2.72. The lowest BCUT2D eigenvalue weighted by molar-refractivity contribution is -0.128. The van der Waals surface area contributed by atoms with Gasteiger partial charge in [0.1, 0.15) is 5.82 Å². The second kappa shape index (κ2) is 6.78. The molecule has 0 fully saturated rings. The quantitative estimate of drug-likeness (QED) is 0.792. The molecule has 1 rings (SSSR count). The lowest BCUT2D eigenvalue weighted by atomic mass is 10.3. The van der Waals surface area contributed by atoms with Crippen LogP contribution >= 0.6 is 0 Å². The monoisotopic (exact) mass is 251 g/mol. The van der Waals surface area contributed by atoms with Gasteiger partial charge in [0.05, 0.1) is 6.54 Å². The molecular formula is C12H21N5O. The molecule has 0 atom stereocenters. The molecule has 0 spiro atoms. The Bertz CT molecular complexity index is 403. The molecule has 0 radical (unpaired) electrons. The second-order valence-electron chi connectivity index (χ2n) is 3.89. The van der Waals surface area contributed by atoms with Crippen LogP contribution in [0.4, 0.5) is 11.8 Å². The first kappa shape index (κ1) is 14.2. The van der Waals surface area contributed by atoms with Crippen LogP contribution in [0.5, 0.6) is 0 Å². The molecule has 0 aliphatic carbocycles. The number of nitrogens with zero attached hydrogens (tertiary/aromatic N) is 3. The minimum Gasteiger partial charge on any atom is -0.361 e. The van der Waals surface area contributed by atoms with Crippen LogP contribution in [0.25, 0.3) is 0 Å². The summed E-state index contributed by atoms with van der Waals surface area (Å²) in [6.07, 6.45) is 1.73. The van der Waals surface area contributed by atoms with E-state index >= 15 is 0 Å². The highest BCUT2D eigenvalue weighted by Gasteiger charge is 2.10. The number of anilines is 2. The van der Waals surface area contributed by atoms with E-state index in [0.29, 0.717) is 11.8 Å². The number of likely N-dealkylation sites (N-methyl/N-ethyl adjacent to an activating group) is 1. The molecule has 0 aliphatic heterocycles. The zero-order valence-corrected chi connectivity index (χ0v) is 11.4. The summed E-state index contributed by atoms with van der Waals surface area (Å²) in [4.78, 5) is 22.0. The Hall–Kier alpha value is -1.85. The van der Waals surface area contributed by atoms with E-state index in [9.17, 15) is 4.79 Å². The third-order valence-corrected chi connectivity index (χ3v) is 2.72. The fourth-order valence-electron chi connectivity index (χ4n) is 1.59. The summed E-state index contributed by atoms with van der Waals surface area (Å²) >= 11 is 0. The number of aromatic nitrogens is 2. The second-order valence-corrected chi connectivity index (χ2v) is 3.89. The summed E-state index contributed by atoms with van der Waals surface area (Å²) in [5, 5.41) is 5.92. The maximum atomic E-state index is 11.8. The molecule has 0 aliphatic rings. The highest BCUT2D eigenvalue weighted by molar-refractivity contribution is 5.80. The van der Waals surface area contributed by atoms with Gasteiger partial charge in [-0.2, -0.15) is 4.98 Å². The maximum absolute atomic E-state index is 11.8. The fraction of sp³-hybridized carbons (Fsp3) is 0.583. The van der Waals surface area contributed by atoms with Crippen LogP contribution in [-0.4, -0.2) is 47.5 Å². The van der Waals surface area contributed by atoms with Crippen LogP contribution in [0.1, 0.15) is 19.4 Å². The van der Waals surface area contributed by atoms with Gasteiger partial charge in [-0.25, -0.2) is 4.98 Å². The van der Waals surface area contributed by atoms with E-state index in [0.717, 1.165) is 18.7 Å². The van der Waals surface area contributed by atoms with Crippen molar-refractivity contribution in [3.8, 4) is 0 Å². The van der Waals surface area contributed by atoms with E-state index in [1.54, 1.807) is 18.1 Å². The van der Waals surface area contributed by atoms with Crippen molar-refractivity contribution >= 4 is 17.7 Å². The molecule has 0 aromatic carbocycles. The van der Waals surface area contributed by atoms with E-state index < -0.39 is 0 Å². The van der Waals surface area contributed by atoms with Crippen molar-refractivity contribution < 1.29 is 4.79 Å². The molecule has 2 N–H and O–H groups in total. The van der Waals surface area contributed by atoms with Gasteiger partial charge in [0.15, 0.2) is 0 Å². The van der Waals surface area contributed by atoms with Gasteiger partial charge in [-0.15, -0.1) is 0 Å². The van der Waals surface area contributed by atoms with E-state index in [-0.39, 0.29) is 12.5 Å². The molecule has 100 valence electrons. The Balaban J connectivity index is 2.65. The Kier molecular flexibility index (Phi) is 5.35. The van der Waals surface area contributed by atoms with Crippen LogP contribution in [0, 0.1) is 6.92 Å². The first-order valence-corrected chi connectivity index (χ1v) is 6.15. The average molecular weight is 251 g/mol. The number of nitrogens with one attached hydrogen (secondary N) is 2. The summed E-state index contributed by atoms with van der Waals surface area (Å²) in [7, 11) is 1.76. The number of rotatable bonds is 6. The Morgan fingerprint density at radius 2 is 2.06 bits per heavy atom. The predicted octanol–water partition coefficient (Wildman–Crippen LogP) is 1.11. The molecule has 6 nitrogen and oxygen atoms in total. The Morgan fingerprint density at radius 3 is 2.61 bits per heavy atom. The first-order valence-electron chi connectivity index (χ1n) is 6.15. The topological polar surface area (TPSA) is 70.2 Å². The average Bonchev–Trinajstić information content (AvgIpc) is 2.39. The molecule has 0 bridgehead atoms. The highest BCUT2D eigenvalue weighted by Crippen LogP contribution is 2.11. The molecule has 1 aromatic rings. The van der Waals surface area contributed by atoms with Gasteiger partial charge in [-0.3, -0.25) is 4.79 Å². The van der Waals surface area contributed by atoms with Gasteiger partial charge in [0.25, 0.3) is 0 Å². The number of hydrogen-bond acceptors (Lipinski definition) is 5. The maximum Gasteiger partial charge on any atom is 0.241 e. The molecular weight excluding hydrogens is 230 g/mol. The van der Waals surface area contributed by atoms with E-state index in [4.69, 9.17) is 0 Å². The van der Waals surface area contributed by atoms with Crippen LogP contribution in [0.2, 0.25) is 0 Å². The van der Waals surface area contributed by atoms with Crippen LogP contribution in [0.3, 0.4) is 0 Å². The summed E-state index contributed by atoms with van der Waals surface area (Å²) in [6, 6.07) is 0. The van der Waals surface area contributed by atoms with Crippen LogP contribution < -0.4 is 10.6 Å². The SMILES string of the molecule is CCN(CC)C(=O)CNc1nc(NC)ncc1C. The van der Waals surface area contributed by atoms with Gasteiger partial charge < -0.3 is 15.5 Å². The Morgan fingerprint density at radius 1 is 1.39 bits per heavy atom. The number of hydrogen-bond donors (Lipinski definition) is 2. The van der Waals surface area contributed by atoms with Crippen LogP contribution in [-0.2, 0) is 4.79 Å². The van der Waals surface area contributed by atoms with Crippen molar-refractivity contribution in [2.24, 2.45) is 0 Å². The molecule has 1 heterocycles. The van der Waals surface area contributed by atoms with E-state index in [1.165, 1.54) is 0 Å². The minimum absolute atomic E-state index is 0.0732. The van der Waals surface area contributed by atoms with Crippen molar-refractivity contribution in [3.05, 3.63) is 11.8 Å². The summed E-state index contributed by atoms with van der Waals surface area (Å²) < 4.78 is 0. The Labute approximate surface area is 108 Å². The zero-order valence-electron chi connectivity index (χ0n) is 11.4. The number of amides is 1. The largest absolute Gasteiger partial charge is 0.361 e. The fourth-order valence-corrected chi connectivity index (χ4v) is 1.59. The van der Waals surface area contributed by atoms with Crippen molar-refractivity contribution in [2.75, 3.05) is 37.3 Å². The van der Waals surface area contributed by atoms with Gasteiger partial charge in [-0.1, -0.05) is 0 Å². The standard InChI is InChI=1S/C12H21N5O/c1-5-17(6-2)10(18)8-14-11-9(3)7-15-12(13-4)16-11/h7H,5-6,8H2,1-4H3,(H2,13,14,15,16). The summed E-state index contributed by atoms with van der Waals surface area (Å²) in [6.45, 7) is 7.54. The third kappa shape index (κ3) is 3.58. The lowest BCUT2D eigenvalue weighted by Crippen LogP contribution is -2.35. The van der Waals surface area contributed by atoms with Crippen molar-refractivity contribution in [2.45, 2.75) is 20.8 Å². The normalized spacial score (nSPS) is 10.0. The molecule has 18 heavy (non-hydrogen) atoms. The van der Waals surface area contributed by atoms with Crippen molar-refractivity contribution in [1.82, 2.24) is 14.9 Å². The number of aryl methyl sites for hydroxylation is 1. The summed E-state index contributed by atoms with van der Waals surface area (Å²) in [5.41, 5.74) is 0.918. The van der Waals surface area contributed by atoms with Crippen molar-refractivity contribution in [1.29, 1.82) is 0 Å². The molecule has 1 amide bonds. The number of carbonyl (C=O) groups is 1. The van der Waals surface area contributed by atoms with E-state index in [2.05, 4.69) is 20.6 Å². The minimum atomic E-state index is 0.0732. The van der Waals surface area contributed by atoms with Crippen LogP contribution in [0.15, 0.2) is 6.20 Å². The lowest BCUT2D eigenvalue weighted by Gasteiger charge is -2.19. The van der Waals surface area contributed by atoms with Gasteiger partial charge in [0.2, 0.25) is 11.9 Å². The molecule has 0 saturated carbocycles. The predicted molar refractivity (Wildman–Crippen MR) is 72.7 cm³/mol. The highest BCUT2D eigenvalue weighted by atomic mass is 16.2. The van der Waals surface area contributed by atoms with Gasteiger partial charge in [-0.05, 0) is 20.8 Å². The number of carbonyl (C=O) groups excluding carboxylic acids is 1.